The van der Waals surface area contributed by atoms with Gasteiger partial charge in [-0.25, -0.2) is 0 Å². The van der Waals surface area contributed by atoms with Crippen LogP contribution >= 0.6 is 0 Å². The fourth-order valence-electron chi connectivity index (χ4n) is 2.48. The van der Waals surface area contributed by atoms with Gasteiger partial charge in [0, 0.05) is 17.5 Å². The van der Waals surface area contributed by atoms with E-state index in [9.17, 15) is 0 Å². The van der Waals surface area contributed by atoms with Crippen molar-refractivity contribution in [3.05, 3.63) is 65.7 Å². The van der Waals surface area contributed by atoms with Gasteiger partial charge in [0.25, 0.3) is 0 Å². The zero-order valence-electron chi connectivity index (χ0n) is 13.3. The van der Waals surface area contributed by atoms with Crippen LogP contribution in [0.3, 0.4) is 0 Å². The summed E-state index contributed by atoms with van der Waals surface area (Å²) in [6.45, 7) is 6.32. The molecular formula is C19H22N2O. The standard InChI is InChI=1S/C19H22N2O/c1-19(2,3)21-20-16-13-18(14-9-5-4-6-10-14)22-17-12-8-7-11-15(16)17/h4-12,18,21H,13H2,1-3H3/b20-16-/t18-/m0/s1. The second-order valence-corrected chi connectivity index (χ2v) is 6.64. The van der Waals surface area contributed by atoms with Crippen LogP contribution < -0.4 is 10.2 Å². The van der Waals surface area contributed by atoms with Gasteiger partial charge in [0.15, 0.2) is 0 Å². The number of hydrazone groups is 1. The first kappa shape index (κ1) is 14.6. The quantitative estimate of drug-likeness (QED) is 0.838. The average Bonchev–Trinajstić information content (AvgIpc) is 2.52. The molecule has 0 radical (unpaired) electrons. The van der Waals surface area contributed by atoms with Gasteiger partial charge in [-0.3, -0.25) is 0 Å². The third-order valence-corrected chi connectivity index (χ3v) is 3.54. The van der Waals surface area contributed by atoms with Crippen molar-refractivity contribution in [2.45, 2.75) is 38.8 Å². The Bertz CT molecular complexity index is 671. The van der Waals surface area contributed by atoms with E-state index in [-0.39, 0.29) is 11.6 Å². The minimum atomic E-state index is -0.0531. The van der Waals surface area contributed by atoms with Gasteiger partial charge < -0.3 is 10.2 Å². The highest BCUT2D eigenvalue weighted by Crippen LogP contribution is 2.34. The highest BCUT2D eigenvalue weighted by atomic mass is 16.5. The molecule has 0 fully saturated rings. The van der Waals surface area contributed by atoms with E-state index in [1.165, 1.54) is 5.56 Å². The summed E-state index contributed by atoms with van der Waals surface area (Å²) in [4.78, 5) is 0. The smallest absolute Gasteiger partial charge is 0.129 e. The Morgan fingerprint density at radius 2 is 1.68 bits per heavy atom. The van der Waals surface area contributed by atoms with E-state index in [0.29, 0.717) is 0 Å². The SMILES string of the molecule is CC(C)(C)N/N=C1/C[C@@H](c2ccccc2)Oc2ccccc21. The van der Waals surface area contributed by atoms with Crippen molar-refractivity contribution in [2.24, 2.45) is 5.10 Å². The maximum atomic E-state index is 6.17. The second kappa shape index (κ2) is 5.84. The Labute approximate surface area is 132 Å². The summed E-state index contributed by atoms with van der Waals surface area (Å²) in [6, 6.07) is 18.4. The van der Waals surface area contributed by atoms with Crippen LogP contribution in [-0.4, -0.2) is 11.3 Å². The monoisotopic (exact) mass is 294 g/mol. The molecule has 1 aliphatic heterocycles. The van der Waals surface area contributed by atoms with Gasteiger partial charge in [0.1, 0.15) is 11.9 Å². The van der Waals surface area contributed by atoms with Gasteiger partial charge in [0.05, 0.1) is 5.71 Å². The van der Waals surface area contributed by atoms with E-state index in [1.54, 1.807) is 0 Å². The molecule has 0 unspecified atom stereocenters. The van der Waals surface area contributed by atoms with Crippen molar-refractivity contribution >= 4 is 5.71 Å². The van der Waals surface area contributed by atoms with Gasteiger partial charge in [-0.05, 0) is 38.5 Å². The molecule has 0 amide bonds. The van der Waals surface area contributed by atoms with Gasteiger partial charge in [0.2, 0.25) is 0 Å². The van der Waals surface area contributed by atoms with E-state index < -0.39 is 0 Å². The third-order valence-electron chi connectivity index (χ3n) is 3.54. The lowest BCUT2D eigenvalue weighted by Crippen LogP contribution is -2.33. The first-order valence-corrected chi connectivity index (χ1v) is 7.68. The molecule has 0 saturated carbocycles. The van der Waals surface area contributed by atoms with Crippen LogP contribution in [0, 0.1) is 0 Å². The number of rotatable bonds is 2. The molecule has 2 aromatic carbocycles. The number of hydrogen-bond donors (Lipinski definition) is 1. The number of nitrogens with one attached hydrogen (secondary N) is 1. The molecule has 0 aliphatic carbocycles. The number of nitrogens with zero attached hydrogens (tertiary/aromatic N) is 1. The van der Waals surface area contributed by atoms with Crippen molar-refractivity contribution in [1.82, 2.24) is 5.43 Å². The summed E-state index contributed by atoms with van der Waals surface area (Å²) in [6.07, 6.45) is 0.779. The Hall–Kier alpha value is -2.29. The first-order chi connectivity index (χ1) is 10.5. The molecule has 114 valence electrons. The van der Waals surface area contributed by atoms with Crippen molar-refractivity contribution < 1.29 is 4.74 Å². The lowest BCUT2D eigenvalue weighted by Gasteiger charge is -2.28. The van der Waals surface area contributed by atoms with Crippen LogP contribution in [0.15, 0.2) is 59.7 Å². The van der Waals surface area contributed by atoms with Crippen molar-refractivity contribution in [3.8, 4) is 5.75 Å². The lowest BCUT2D eigenvalue weighted by molar-refractivity contribution is 0.206. The van der Waals surface area contributed by atoms with E-state index in [4.69, 9.17) is 4.74 Å². The Morgan fingerprint density at radius 3 is 2.41 bits per heavy atom. The number of benzene rings is 2. The third kappa shape index (κ3) is 3.30. The predicted octanol–water partition coefficient (Wildman–Crippen LogP) is 4.30. The molecular weight excluding hydrogens is 272 g/mol. The summed E-state index contributed by atoms with van der Waals surface area (Å²) in [5.41, 5.74) is 6.49. The lowest BCUT2D eigenvalue weighted by atomic mass is 9.95. The molecule has 2 aromatic rings. The topological polar surface area (TPSA) is 33.6 Å². The Kier molecular flexibility index (Phi) is 3.88. The molecule has 0 aromatic heterocycles. The van der Waals surface area contributed by atoms with Crippen LogP contribution in [0.4, 0.5) is 0 Å². The van der Waals surface area contributed by atoms with Crippen LogP contribution in [-0.2, 0) is 0 Å². The van der Waals surface area contributed by atoms with Crippen molar-refractivity contribution in [3.63, 3.8) is 0 Å². The maximum absolute atomic E-state index is 6.17. The molecule has 0 spiro atoms. The van der Waals surface area contributed by atoms with Gasteiger partial charge in [-0.2, -0.15) is 5.10 Å². The molecule has 22 heavy (non-hydrogen) atoms. The van der Waals surface area contributed by atoms with Crippen LogP contribution in [0.1, 0.15) is 44.4 Å². The first-order valence-electron chi connectivity index (χ1n) is 7.68. The molecule has 3 heteroatoms. The molecule has 0 bridgehead atoms. The number of ether oxygens (including phenoxy) is 1. The van der Waals surface area contributed by atoms with E-state index >= 15 is 0 Å². The maximum Gasteiger partial charge on any atom is 0.129 e. The molecule has 1 aliphatic rings. The molecule has 0 saturated heterocycles. The minimum absolute atomic E-state index is 0.0108. The summed E-state index contributed by atoms with van der Waals surface area (Å²) >= 11 is 0. The van der Waals surface area contributed by atoms with Gasteiger partial charge in [-0.15, -0.1) is 0 Å². The van der Waals surface area contributed by atoms with E-state index in [2.05, 4.69) is 49.5 Å². The fourth-order valence-corrected chi connectivity index (χ4v) is 2.48. The molecule has 3 rings (SSSR count). The van der Waals surface area contributed by atoms with E-state index in [1.807, 2.05) is 36.4 Å². The molecule has 1 N–H and O–H groups in total. The summed E-state index contributed by atoms with van der Waals surface area (Å²) in [5.74, 6) is 0.900. The van der Waals surface area contributed by atoms with Crippen LogP contribution in [0.5, 0.6) is 5.75 Å². The largest absolute Gasteiger partial charge is 0.485 e. The molecule has 3 nitrogen and oxygen atoms in total. The van der Waals surface area contributed by atoms with Crippen LogP contribution in [0.25, 0.3) is 0 Å². The number of hydrogen-bond acceptors (Lipinski definition) is 3. The van der Waals surface area contributed by atoms with Gasteiger partial charge in [-0.1, -0.05) is 42.5 Å². The minimum Gasteiger partial charge on any atom is -0.485 e. The van der Waals surface area contributed by atoms with Crippen molar-refractivity contribution in [1.29, 1.82) is 0 Å². The molecule has 1 heterocycles. The van der Waals surface area contributed by atoms with E-state index in [0.717, 1.165) is 23.4 Å². The highest BCUT2D eigenvalue weighted by Gasteiger charge is 2.26. The van der Waals surface area contributed by atoms with Gasteiger partial charge >= 0.3 is 0 Å². The molecule has 1 atom stereocenters. The second-order valence-electron chi connectivity index (χ2n) is 6.64. The number of fused-ring (bicyclic) bond motifs is 1. The Balaban J connectivity index is 1.95. The van der Waals surface area contributed by atoms with Crippen molar-refractivity contribution in [2.75, 3.05) is 0 Å². The Morgan fingerprint density at radius 1 is 1.00 bits per heavy atom. The number of para-hydroxylation sites is 1. The zero-order chi connectivity index (χ0) is 15.6. The fraction of sp³-hybridized carbons (Fsp3) is 0.316. The zero-order valence-corrected chi connectivity index (χ0v) is 13.3. The summed E-state index contributed by atoms with van der Waals surface area (Å²) in [7, 11) is 0. The average molecular weight is 294 g/mol. The highest BCUT2D eigenvalue weighted by molar-refractivity contribution is 6.04. The summed E-state index contributed by atoms with van der Waals surface area (Å²) in [5, 5.41) is 4.66. The predicted molar refractivity (Wildman–Crippen MR) is 90.3 cm³/mol. The van der Waals surface area contributed by atoms with Crippen LogP contribution in [0.2, 0.25) is 0 Å². The summed E-state index contributed by atoms with van der Waals surface area (Å²) < 4.78 is 6.17. The normalized spacial score (nSPS) is 19.4.